The lowest BCUT2D eigenvalue weighted by atomic mass is 10.1. The molecule has 1 aromatic rings. The maximum absolute atomic E-state index is 2.44. The van der Waals surface area contributed by atoms with Crippen molar-refractivity contribution in [3.8, 4) is 0 Å². The second kappa shape index (κ2) is 8.71. The summed E-state index contributed by atoms with van der Waals surface area (Å²) in [6, 6.07) is 10.7. The molecule has 3 heteroatoms. The molecule has 0 N–H and O–H groups in total. The fourth-order valence-electron chi connectivity index (χ4n) is 1.81. The van der Waals surface area contributed by atoms with Crippen LogP contribution in [0.2, 0.25) is 0 Å². The van der Waals surface area contributed by atoms with Crippen molar-refractivity contribution >= 4 is 11.8 Å². The quantitative estimate of drug-likeness (QED) is 0.531. The van der Waals surface area contributed by atoms with E-state index in [0.717, 1.165) is 13.1 Å². The molecule has 0 amide bonds. The molecule has 0 fully saturated rings. The van der Waals surface area contributed by atoms with Gasteiger partial charge in [-0.3, -0.25) is 0 Å². The maximum atomic E-state index is 2.44. The Labute approximate surface area is 129 Å². The van der Waals surface area contributed by atoms with Crippen molar-refractivity contribution in [1.29, 1.82) is 0 Å². The average Bonchev–Trinajstić information content (AvgIpc) is 2.41. The van der Waals surface area contributed by atoms with Gasteiger partial charge < -0.3 is 9.80 Å². The maximum Gasteiger partial charge on any atom is 0.0122 e. The molecule has 0 saturated carbocycles. The molecule has 0 radical (unpaired) electrons. The molecule has 0 aromatic heterocycles. The monoisotopic (exact) mass is 294 g/mol. The van der Waals surface area contributed by atoms with Crippen LogP contribution in [0.4, 0.5) is 0 Å². The van der Waals surface area contributed by atoms with E-state index in [0.29, 0.717) is 0 Å². The summed E-state index contributed by atoms with van der Waals surface area (Å²) < 4.78 is 0. The number of hydrogen-bond donors (Lipinski definition) is 0. The Morgan fingerprint density at radius 2 is 1.60 bits per heavy atom. The van der Waals surface area contributed by atoms with Crippen LogP contribution < -0.4 is 0 Å². The van der Waals surface area contributed by atoms with E-state index < -0.39 is 0 Å². The van der Waals surface area contributed by atoms with Crippen molar-refractivity contribution in [3.05, 3.63) is 30.3 Å². The van der Waals surface area contributed by atoms with Gasteiger partial charge in [-0.15, -0.1) is 11.8 Å². The van der Waals surface area contributed by atoms with Gasteiger partial charge in [-0.1, -0.05) is 18.2 Å². The Bertz CT molecular complexity index is 359. The number of rotatable bonds is 8. The first-order valence-electron chi connectivity index (χ1n) is 7.47. The minimum Gasteiger partial charge on any atom is -0.305 e. The molecule has 0 aliphatic heterocycles. The van der Waals surface area contributed by atoms with Crippen molar-refractivity contribution < 1.29 is 0 Å². The van der Waals surface area contributed by atoms with Crippen molar-refractivity contribution in [2.45, 2.75) is 37.6 Å². The summed E-state index contributed by atoms with van der Waals surface area (Å²) in [4.78, 5) is 6.23. The molecule has 1 aromatic carbocycles. The van der Waals surface area contributed by atoms with Crippen molar-refractivity contribution in [3.63, 3.8) is 0 Å². The zero-order valence-electron chi connectivity index (χ0n) is 13.7. The van der Waals surface area contributed by atoms with Gasteiger partial charge in [-0.2, -0.15) is 0 Å². The lowest BCUT2D eigenvalue weighted by molar-refractivity contribution is 0.154. The Morgan fingerprint density at radius 1 is 0.950 bits per heavy atom. The number of thioether (sulfide) groups is 1. The van der Waals surface area contributed by atoms with Gasteiger partial charge in [-0.25, -0.2) is 0 Å². The molecule has 0 saturated heterocycles. The molecule has 0 spiro atoms. The fraction of sp³-hybridized carbons (Fsp3) is 0.647. The molecular formula is C17H30N2S. The van der Waals surface area contributed by atoms with E-state index in [1.807, 2.05) is 11.8 Å². The van der Waals surface area contributed by atoms with E-state index >= 15 is 0 Å². The van der Waals surface area contributed by atoms with Crippen molar-refractivity contribution in [2.24, 2.45) is 0 Å². The minimum absolute atomic E-state index is 0.268. The van der Waals surface area contributed by atoms with E-state index in [4.69, 9.17) is 0 Å². The van der Waals surface area contributed by atoms with E-state index in [-0.39, 0.29) is 5.54 Å². The van der Waals surface area contributed by atoms with E-state index in [1.165, 1.54) is 23.6 Å². The highest BCUT2D eigenvalue weighted by Crippen LogP contribution is 2.17. The molecule has 0 heterocycles. The predicted molar refractivity (Wildman–Crippen MR) is 91.7 cm³/mol. The molecule has 114 valence electrons. The minimum atomic E-state index is 0.268. The zero-order chi connectivity index (χ0) is 15.0. The highest BCUT2D eigenvalue weighted by atomic mass is 32.2. The number of likely N-dealkylation sites (N-methyl/N-ethyl adjacent to an activating group) is 2. The molecular weight excluding hydrogens is 264 g/mol. The first-order valence-corrected chi connectivity index (χ1v) is 8.46. The van der Waals surface area contributed by atoms with Gasteiger partial charge >= 0.3 is 0 Å². The van der Waals surface area contributed by atoms with E-state index in [9.17, 15) is 0 Å². The van der Waals surface area contributed by atoms with Gasteiger partial charge in [0.25, 0.3) is 0 Å². The number of nitrogens with zero attached hydrogens (tertiary/aromatic N) is 2. The van der Waals surface area contributed by atoms with Crippen LogP contribution in [0.15, 0.2) is 35.2 Å². The lowest BCUT2D eigenvalue weighted by Crippen LogP contribution is -2.42. The van der Waals surface area contributed by atoms with Crippen LogP contribution in [0.25, 0.3) is 0 Å². The molecule has 0 atom stereocenters. The Morgan fingerprint density at radius 3 is 2.20 bits per heavy atom. The number of benzene rings is 1. The summed E-state index contributed by atoms with van der Waals surface area (Å²) in [6.45, 7) is 10.3. The highest BCUT2D eigenvalue weighted by molar-refractivity contribution is 7.99. The molecule has 0 unspecified atom stereocenters. The standard InChI is InChI=1S/C17H30N2S/c1-17(2,3)19(5)14-13-18(4)12-9-15-20-16-10-7-6-8-11-16/h6-8,10-11H,9,12-15H2,1-5H3. The fourth-order valence-corrected chi connectivity index (χ4v) is 2.67. The summed E-state index contributed by atoms with van der Waals surface area (Å²) in [5.74, 6) is 1.20. The van der Waals surface area contributed by atoms with Crippen molar-refractivity contribution in [1.82, 2.24) is 9.80 Å². The van der Waals surface area contributed by atoms with Crippen LogP contribution in [0, 0.1) is 0 Å². The smallest absolute Gasteiger partial charge is 0.0122 e. The SMILES string of the molecule is CN(CCCSc1ccccc1)CCN(C)C(C)(C)C. The molecule has 0 aliphatic rings. The second-order valence-electron chi connectivity index (χ2n) is 6.41. The summed E-state index contributed by atoms with van der Waals surface area (Å²) in [7, 11) is 4.43. The van der Waals surface area contributed by atoms with E-state index in [1.54, 1.807) is 0 Å². The lowest BCUT2D eigenvalue weighted by Gasteiger charge is -2.33. The third-order valence-electron chi connectivity index (χ3n) is 3.66. The largest absolute Gasteiger partial charge is 0.305 e. The van der Waals surface area contributed by atoms with Crippen LogP contribution in [-0.4, -0.2) is 54.8 Å². The summed E-state index contributed by atoms with van der Waals surface area (Å²) in [5, 5.41) is 0. The molecule has 0 bridgehead atoms. The van der Waals surface area contributed by atoms with Gasteiger partial charge in [-0.05, 0) is 65.7 Å². The molecule has 2 nitrogen and oxygen atoms in total. The van der Waals surface area contributed by atoms with Gasteiger partial charge in [0.05, 0.1) is 0 Å². The van der Waals surface area contributed by atoms with Gasteiger partial charge in [0.2, 0.25) is 0 Å². The number of hydrogen-bond acceptors (Lipinski definition) is 3. The summed E-state index contributed by atoms with van der Waals surface area (Å²) in [5.41, 5.74) is 0.268. The Hall–Kier alpha value is -0.510. The third-order valence-corrected chi connectivity index (χ3v) is 4.76. The topological polar surface area (TPSA) is 6.48 Å². The van der Waals surface area contributed by atoms with Gasteiger partial charge in [0.1, 0.15) is 0 Å². The van der Waals surface area contributed by atoms with Crippen LogP contribution in [0.3, 0.4) is 0 Å². The Kier molecular flexibility index (Phi) is 7.63. The first kappa shape index (κ1) is 17.5. The second-order valence-corrected chi connectivity index (χ2v) is 7.58. The Balaban J connectivity index is 2.10. The van der Waals surface area contributed by atoms with Crippen LogP contribution in [-0.2, 0) is 0 Å². The third kappa shape index (κ3) is 7.32. The predicted octanol–water partition coefficient (Wildman–Crippen LogP) is 3.83. The molecule has 1 rings (SSSR count). The molecule has 20 heavy (non-hydrogen) atoms. The van der Waals surface area contributed by atoms with Crippen molar-refractivity contribution in [2.75, 3.05) is 39.5 Å². The van der Waals surface area contributed by atoms with Gasteiger partial charge in [0.15, 0.2) is 0 Å². The molecule has 0 aliphatic carbocycles. The van der Waals surface area contributed by atoms with E-state index in [2.05, 4.69) is 75.0 Å². The first-order chi connectivity index (χ1) is 9.39. The zero-order valence-corrected chi connectivity index (χ0v) is 14.5. The average molecular weight is 295 g/mol. The summed E-state index contributed by atoms with van der Waals surface area (Å²) in [6.07, 6.45) is 1.25. The van der Waals surface area contributed by atoms with Crippen LogP contribution in [0.1, 0.15) is 27.2 Å². The summed E-state index contributed by atoms with van der Waals surface area (Å²) >= 11 is 1.95. The highest BCUT2D eigenvalue weighted by Gasteiger charge is 2.16. The normalized spacial score (nSPS) is 12.3. The van der Waals surface area contributed by atoms with Crippen LogP contribution in [0.5, 0.6) is 0 Å². The van der Waals surface area contributed by atoms with Gasteiger partial charge in [0, 0.05) is 23.5 Å². The van der Waals surface area contributed by atoms with Crippen LogP contribution >= 0.6 is 11.8 Å².